The Bertz CT molecular complexity index is 824. The molecule has 0 radical (unpaired) electrons. The number of nitro benzene ring substituents is 1. The van der Waals surface area contributed by atoms with Gasteiger partial charge in [0.25, 0.3) is 5.69 Å². The Hall–Kier alpha value is -3.23. The monoisotopic (exact) mass is 389 g/mol. The number of esters is 1. The number of anilines is 1. The molecule has 1 aromatic rings. The van der Waals surface area contributed by atoms with Gasteiger partial charge in [-0.1, -0.05) is 0 Å². The van der Waals surface area contributed by atoms with E-state index in [1.54, 1.807) is 0 Å². The van der Waals surface area contributed by atoms with Crippen LogP contribution in [-0.4, -0.2) is 47.2 Å². The van der Waals surface area contributed by atoms with Crippen LogP contribution in [0.5, 0.6) is 0 Å². The van der Waals surface area contributed by atoms with E-state index in [2.05, 4.69) is 0 Å². The second-order valence-electron chi connectivity index (χ2n) is 6.59. The van der Waals surface area contributed by atoms with Crippen LogP contribution in [0.25, 0.3) is 0 Å². The molecule has 0 atom stereocenters. The summed E-state index contributed by atoms with van der Waals surface area (Å²) < 4.78 is 5.09. The van der Waals surface area contributed by atoms with Crippen molar-refractivity contribution in [3.05, 3.63) is 45.2 Å². The fourth-order valence-electron chi connectivity index (χ4n) is 3.18. The molecule has 150 valence electrons. The highest BCUT2D eigenvalue weighted by molar-refractivity contribution is 6.20. The predicted octanol–water partition coefficient (Wildman–Crippen LogP) is 3.18. The van der Waals surface area contributed by atoms with Crippen molar-refractivity contribution in [2.75, 3.05) is 24.6 Å². The van der Waals surface area contributed by atoms with Gasteiger partial charge in [-0.3, -0.25) is 14.9 Å². The average molecular weight is 389 g/mol. The Morgan fingerprint density at radius 3 is 2.43 bits per heavy atom. The minimum atomic E-state index is -0.846. The number of aliphatic hydroxyl groups excluding tert-OH is 1. The predicted molar refractivity (Wildman–Crippen MR) is 103 cm³/mol. The first-order valence-corrected chi connectivity index (χ1v) is 8.91. The number of rotatable bonds is 7. The van der Waals surface area contributed by atoms with Gasteiger partial charge in [0.1, 0.15) is 12.4 Å². The minimum Gasteiger partial charge on any atom is -0.508 e. The number of nitrogens with zero attached hydrogens (tertiary/aromatic N) is 2. The summed E-state index contributed by atoms with van der Waals surface area (Å²) in [5.74, 6) is -1.90. The molecule has 2 N–H and O–H groups in total. The number of aliphatic hydroxyl groups is 1. The third kappa shape index (κ3) is 4.93. The molecule has 28 heavy (non-hydrogen) atoms. The van der Waals surface area contributed by atoms with E-state index in [0.29, 0.717) is 5.69 Å². The van der Waals surface area contributed by atoms with Gasteiger partial charge >= 0.3 is 5.97 Å². The number of nitrogens with one attached hydrogen (secondary N) is 1. The maximum Gasteiger partial charge on any atom is 0.340 e. The van der Waals surface area contributed by atoms with Crippen LogP contribution < -0.4 is 4.90 Å². The van der Waals surface area contributed by atoms with Gasteiger partial charge in [0, 0.05) is 30.9 Å². The molecule has 1 aliphatic heterocycles. The van der Waals surface area contributed by atoms with E-state index < -0.39 is 29.0 Å². The van der Waals surface area contributed by atoms with Crippen LogP contribution in [0.2, 0.25) is 0 Å². The van der Waals surface area contributed by atoms with Gasteiger partial charge in [-0.25, -0.2) is 4.79 Å². The topological polar surface area (TPSA) is 134 Å². The number of piperidine rings is 1. The number of non-ortho nitro benzene ring substituents is 1. The van der Waals surface area contributed by atoms with E-state index in [0.717, 1.165) is 38.4 Å². The van der Waals surface area contributed by atoms with Crippen LogP contribution in [0.15, 0.2) is 29.5 Å². The van der Waals surface area contributed by atoms with E-state index in [-0.39, 0.29) is 22.5 Å². The highest BCUT2D eigenvalue weighted by Crippen LogP contribution is 2.28. The molecule has 0 unspecified atom stereocenters. The Morgan fingerprint density at radius 1 is 1.25 bits per heavy atom. The van der Waals surface area contributed by atoms with Crippen LogP contribution in [-0.2, 0) is 9.53 Å². The highest BCUT2D eigenvalue weighted by atomic mass is 16.6. The third-order valence-corrected chi connectivity index (χ3v) is 4.46. The lowest BCUT2D eigenvalue weighted by Gasteiger charge is -2.30. The molecular weight excluding hydrogens is 366 g/mol. The third-order valence-electron chi connectivity index (χ3n) is 4.46. The van der Waals surface area contributed by atoms with Crippen molar-refractivity contribution >= 4 is 28.8 Å². The number of hydrogen-bond donors (Lipinski definition) is 2. The van der Waals surface area contributed by atoms with E-state index in [1.165, 1.54) is 26.0 Å². The fourth-order valence-corrected chi connectivity index (χ4v) is 3.18. The molecule has 0 amide bonds. The van der Waals surface area contributed by atoms with Crippen molar-refractivity contribution in [1.29, 1.82) is 5.41 Å². The maximum absolute atomic E-state index is 12.6. The molecular formula is C19H23N3O6. The lowest BCUT2D eigenvalue weighted by Crippen LogP contribution is -2.31. The van der Waals surface area contributed by atoms with Crippen LogP contribution in [0.3, 0.4) is 0 Å². The molecule has 0 spiro atoms. The number of nitro groups is 1. The Balaban J connectivity index is 2.30. The number of ketones is 1. The molecule has 9 nitrogen and oxygen atoms in total. The molecule has 9 heteroatoms. The lowest BCUT2D eigenvalue weighted by atomic mass is 10.1. The molecule has 2 rings (SSSR count). The summed E-state index contributed by atoms with van der Waals surface area (Å²) in [5, 5.41) is 28.7. The molecule has 0 aliphatic carbocycles. The Labute approximate surface area is 162 Å². The molecule has 1 aromatic carbocycles. The molecule has 0 saturated carbocycles. The number of hydrogen-bond acceptors (Lipinski definition) is 8. The molecule has 1 heterocycles. The number of benzene rings is 1. The van der Waals surface area contributed by atoms with E-state index in [1.807, 2.05) is 4.90 Å². The van der Waals surface area contributed by atoms with Crippen molar-refractivity contribution < 1.29 is 24.4 Å². The lowest BCUT2D eigenvalue weighted by molar-refractivity contribution is -0.384. The Kier molecular flexibility index (Phi) is 6.86. The summed E-state index contributed by atoms with van der Waals surface area (Å²) in [4.78, 5) is 36.6. The molecule has 0 aromatic heterocycles. The smallest absolute Gasteiger partial charge is 0.340 e. The standard InChI is InChI=1S/C19H23N3O6/c1-12(20)18(13(2)23)17(24)11-28-19(25)15-10-14(22(26)27)6-7-16(15)21-8-4-3-5-9-21/h6-7,10,20,24H,3-5,8-9,11H2,1-2H3/b18-17-,20-12?. The van der Waals surface area contributed by atoms with Gasteiger partial charge < -0.3 is 20.2 Å². The Morgan fingerprint density at radius 2 is 1.89 bits per heavy atom. The summed E-state index contributed by atoms with van der Waals surface area (Å²) in [5.41, 5.74) is -0.0469. The van der Waals surface area contributed by atoms with Gasteiger partial charge in [-0.15, -0.1) is 0 Å². The first-order chi connectivity index (χ1) is 13.2. The van der Waals surface area contributed by atoms with Crippen molar-refractivity contribution in [2.24, 2.45) is 0 Å². The van der Waals surface area contributed by atoms with Crippen LogP contribution >= 0.6 is 0 Å². The first-order valence-electron chi connectivity index (χ1n) is 8.91. The summed E-state index contributed by atoms with van der Waals surface area (Å²) >= 11 is 0. The molecule has 0 bridgehead atoms. The van der Waals surface area contributed by atoms with Gasteiger partial charge in [0.05, 0.1) is 21.7 Å². The van der Waals surface area contributed by atoms with Gasteiger partial charge in [0.2, 0.25) is 0 Å². The molecule has 1 saturated heterocycles. The SMILES string of the molecule is CC(=N)/C(C(C)=O)=C(/O)COC(=O)c1cc([N+](=O)[O-])ccc1N1CCCCC1. The zero-order chi connectivity index (χ0) is 20.8. The van der Waals surface area contributed by atoms with Crippen molar-refractivity contribution in [3.63, 3.8) is 0 Å². The van der Waals surface area contributed by atoms with Crippen LogP contribution in [0.4, 0.5) is 11.4 Å². The zero-order valence-electron chi connectivity index (χ0n) is 15.9. The quantitative estimate of drug-likeness (QED) is 0.183. The van der Waals surface area contributed by atoms with E-state index in [4.69, 9.17) is 10.1 Å². The molecule has 1 aliphatic rings. The average Bonchev–Trinajstić information content (AvgIpc) is 2.65. The number of carbonyl (C=O) groups excluding carboxylic acids is 2. The molecule has 1 fully saturated rings. The second-order valence-corrected chi connectivity index (χ2v) is 6.59. The number of Topliss-reactive ketones (excluding diaryl/α,β-unsaturated/α-hetero) is 1. The number of carbonyl (C=O) groups is 2. The van der Waals surface area contributed by atoms with Crippen LogP contribution in [0, 0.1) is 15.5 Å². The normalized spacial score (nSPS) is 14.9. The van der Waals surface area contributed by atoms with Gasteiger partial charge in [-0.2, -0.15) is 0 Å². The summed E-state index contributed by atoms with van der Waals surface area (Å²) in [6.07, 6.45) is 2.99. The van der Waals surface area contributed by atoms with Gasteiger partial charge in [-0.05, 0) is 39.2 Å². The van der Waals surface area contributed by atoms with Crippen molar-refractivity contribution in [3.8, 4) is 0 Å². The summed E-state index contributed by atoms with van der Waals surface area (Å²) in [7, 11) is 0. The minimum absolute atomic E-state index is 0.0276. The van der Waals surface area contributed by atoms with Crippen molar-refractivity contribution in [2.45, 2.75) is 33.1 Å². The summed E-state index contributed by atoms with van der Waals surface area (Å²) in [6, 6.07) is 4.02. The van der Waals surface area contributed by atoms with E-state index >= 15 is 0 Å². The maximum atomic E-state index is 12.6. The largest absolute Gasteiger partial charge is 0.508 e. The van der Waals surface area contributed by atoms with Crippen molar-refractivity contribution in [1.82, 2.24) is 0 Å². The van der Waals surface area contributed by atoms with Gasteiger partial charge in [0.15, 0.2) is 5.78 Å². The number of allylic oxidation sites excluding steroid dienone is 1. The van der Waals surface area contributed by atoms with Crippen LogP contribution in [0.1, 0.15) is 43.5 Å². The zero-order valence-corrected chi connectivity index (χ0v) is 15.9. The summed E-state index contributed by atoms with van der Waals surface area (Å²) in [6.45, 7) is 3.38. The first kappa shape index (κ1) is 21.1. The van der Waals surface area contributed by atoms with E-state index in [9.17, 15) is 24.8 Å². The number of ether oxygens (including phenoxy) is 1. The highest BCUT2D eigenvalue weighted by Gasteiger charge is 2.24. The second kappa shape index (κ2) is 9.12. The fraction of sp³-hybridized carbons (Fsp3) is 0.421.